The lowest BCUT2D eigenvalue weighted by Gasteiger charge is -2.34. The quantitative estimate of drug-likeness (QED) is 0.272. The Labute approximate surface area is 197 Å². The summed E-state index contributed by atoms with van der Waals surface area (Å²) in [5.74, 6) is 1.13. The molecule has 0 spiro atoms. The number of oxazole rings is 1. The van der Waals surface area contributed by atoms with Gasteiger partial charge in [0.05, 0.1) is 31.3 Å². The third kappa shape index (κ3) is 5.83. The standard InChI is InChI=1S/C25H30FN3O5/c1-31-16-11-17(12-16)34-18-13-19(24(26)22(14-18)32-2)20-15-28-23(29-20)8-6-4-3-5-7-21(30)25-27-9-10-33-25/h9-10,13-17H,3-8,11-12H2,1-2H3,(H,28,29). The number of nitrogens with one attached hydrogen (secondary N) is 1. The lowest BCUT2D eigenvalue weighted by atomic mass is 9.92. The summed E-state index contributed by atoms with van der Waals surface area (Å²) < 4.78 is 36.5. The topological polar surface area (TPSA) is 99.5 Å². The third-order valence-corrected chi connectivity index (χ3v) is 6.08. The fraction of sp³-hybridized carbons (Fsp3) is 0.480. The lowest BCUT2D eigenvalue weighted by molar-refractivity contribution is -0.0381. The minimum atomic E-state index is -0.454. The SMILES string of the molecule is COc1cc(OC2CC(OC)C2)cc(-c2cnc(CCCCCCC(=O)c3ncco3)[nH]2)c1F. The van der Waals surface area contributed by atoms with Gasteiger partial charge in [0.15, 0.2) is 11.6 Å². The van der Waals surface area contributed by atoms with E-state index in [0.29, 0.717) is 23.4 Å². The number of aromatic amines is 1. The van der Waals surface area contributed by atoms with E-state index in [1.54, 1.807) is 25.4 Å². The molecule has 4 rings (SSSR count). The first kappa shape index (κ1) is 23.9. The number of halogens is 1. The number of carbonyl (C=O) groups is 1. The molecular formula is C25H30FN3O5. The van der Waals surface area contributed by atoms with E-state index in [1.807, 2.05) is 0 Å². The van der Waals surface area contributed by atoms with Gasteiger partial charge in [0, 0.05) is 44.4 Å². The van der Waals surface area contributed by atoms with Gasteiger partial charge >= 0.3 is 0 Å². The maximum absolute atomic E-state index is 15.0. The smallest absolute Gasteiger partial charge is 0.263 e. The molecule has 2 aromatic heterocycles. The number of carbonyl (C=O) groups excluding carboxylic acids is 1. The summed E-state index contributed by atoms with van der Waals surface area (Å²) >= 11 is 0. The van der Waals surface area contributed by atoms with E-state index in [0.717, 1.165) is 50.8 Å². The number of methoxy groups -OCH3 is 2. The van der Waals surface area contributed by atoms with Crippen molar-refractivity contribution in [3.8, 4) is 22.8 Å². The molecule has 0 bridgehead atoms. The van der Waals surface area contributed by atoms with Gasteiger partial charge in [-0.2, -0.15) is 0 Å². The number of aryl methyl sites for hydroxylation is 1. The van der Waals surface area contributed by atoms with Crippen molar-refractivity contribution < 1.29 is 27.8 Å². The predicted octanol–water partition coefficient (Wildman–Crippen LogP) is 5.14. The Morgan fingerprint density at radius 1 is 1.15 bits per heavy atom. The van der Waals surface area contributed by atoms with Crippen molar-refractivity contribution in [1.82, 2.24) is 15.0 Å². The maximum Gasteiger partial charge on any atom is 0.263 e. The van der Waals surface area contributed by atoms with Crippen LogP contribution in [0.2, 0.25) is 0 Å². The number of hydrogen-bond donors (Lipinski definition) is 1. The van der Waals surface area contributed by atoms with Gasteiger partial charge in [0.1, 0.15) is 23.9 Å². The second-order valence-corrected chi connectivity index (χ2v) is 8.47. The highest BCUT2D eigenvalue weighted by Crippen LogP contribution is 2.36. The highest BCUT2D eigenvalue weighted by Gasteiger charge is 2.31. The van der Waals surface area contributed by atoms with Crippen molar-refractivity contribution in [2.45, 2.75) is 63.6 Å². The molecule has 9 heteroatoms. The number of ketones is 1. The number of aromatic nitrogens is 3. The maximum atomic E-state index is 15.0. The van der Waals surface area contributed by atoms with Crippen LogP contribution < -0.4 is 9.47 Å². The number of benzene rings is 1. The van der Waals surface area contributed by atoms with E-state index < -0.39 is 5.82 Å². The van der Waals surface area contributed by atoms with Crippen LogP contribution in [-0.4, -0.2) is 47.2 Å². The highest BCUT2D eigenvalue weighted by molar-refractivity contribution is 5.91. The van der Waals surface area contributed by atoms with Crippen LogP contribution in [0.3, 0.4) is 0 Å². The Kier molecular flexibility index (Phi) is 7.95. The van der Waals surface area contributed by atoms with Gasteiger partial charge in [-0.15, -0.1) is 0 Å². The zero-order valence-electron chi connectivity index (χ0n) is 19.5. The molecule has 1 aromatic carbocycles. The summed E-state index contributed by atoms with van der Waals surface area (Å²) in [6.07, 6.45) is 11.2. The molecule has 0 saturated heterocycles. The van der Waals surface area contributed by atoms with Crippen LogP contribution in [-0.2, 0) is 11.2 Å². The van der Waals surface area contributed by atoms with Crippen LogP contribution >= 0.6 is 0 Å². The van der Waals surface area contributed by atoms with Crippen LogP contribution in [0.4, 0.5) is 4.39 Å². The van der Waals surface area contributed by atoms with Crippen molar-refractivity contribution in [3.63, 3.8) is 0 Å². The number of rotatable bonds is 13. The first-order valence-corrected chi connectivity index (χ1v) is 11.6. The predicted molar refractivity (Wildman–Crippen MR) is 123 cm³/mol. The normalized spacial score (nSPS) is 17.4. The summed E-state index contributed by atoms with van der Waals surface area (Å²) in [5.41, 5.74) is 0.942. The molecular weight excluding hydrogens is 441 g/mol. The number of Topliss-reactive ketones (excluding diaryl/α,β-unsaturated/α-hetero) is 1. The average Bonchev–Trinajstić information content (AvgIpc) is 3.51. The first-order valence-electron chi connectivity index (χ1n) is 11.6. The van der Waals surface area contributed by atoms with Crippen molar-refractivity contribution in [1.29, 1.82) is 0 Å². The van der Waals surface area contributed by atoms with Crippen LogP contribution in [0.5, 0.6) is 11.5 Å². The van der Waals surface area contributed by atoms with Crippen LogP contribution in [0.25, 0.3) is 11.3 Å². The molecule has 0 unspecified atom stereocenters. The average molecular weight is 472 g/mol. The van der Waals surface area contributed by atoms with Gasteiger partial charge in [-0.05, 0) is 18.9 Å². The van der Waals surface area contributed by atoms with Crippen molar-refractivity contribution >= 4 is 5.78 Å². The van der Waals surface area contributed by atoms with Gasteiger partial charge in [0.25, 0.3) is 5.89 Å². The fourth-order valence-electron chi connectivity index (χ4n) is 4.01. The molecule has 1 fully saturated rings. The summed E-state index contributed by atoms with van der Waals surface area (Å²) in [7, 11) is 3.13. The van der Waals surface area contributed by atoms with E-state index in [4.69, 9.17) is 18.6 Å². The van der Waals surface area contributed by atoms with Gasteiger partial charge in [-0.1, -0.05) is 12.8 Å². The summed E-state index contributed by atoms with van der Waals surface area (Å²) in [4.78, 5) is 23.4. The zero-order chi connectivity index (χ0) is 23.9. The van der Waals surface area contributed by atoms with Crippen LogP contribution in [0, 0.1) is 5.82 Å². The number of hydrogen-bond acceptors (Lipinski definition) is 7. The largest absolute Gasteiger partial charge is 0.494 e. The number of unbranched alkanes of at least 4 members (excludes halogenated alkanes) is 3. The molecule has 1 saturated carbocycles. The Balaban J connectivity index is 1.28. The highest BCUT2D eigenvalue weighted by atomic mass is 19.1. The van der Waals surface area contributed by atoms with Crippen LogP contribution in [0.1, 0.15) is 61.5 Å². The Morgan fingerprint density at radius 3 is 2.71 bits per heavy atom. The molecule has 1 N–H and O–H groups in total. The molecule has 182 valence electrons. The van der Waals surface area contributed by atoms with Gasteiger partial charge in [0.2, 0.25) is 5.78 Å². The summed E-state index contributed by atoms with van der Waals surface area (Å²) in [6.45, 7) is 0. The minimum Gasteiger partial charge on any atom is -0.494 e. The molecule has 0 aliphatic heterocycles. The Hall–Kier alpha value is -3.20. The van der Waals surface area contributed by atoms with E-state index in [1.165, 1.54) is 19.6 Å². The molecule has 2 heterocycles. The van der Waals surface area contributed by atoms with Crippen molar-refractivity contribution in [2.24, 2.45) is 0 Å². The van der Waals surface area contributed by atoms with E-state index in [-0.39, 0.29) is 29.6 Å². The van der Waals surface area contributed by atoms with E-state index in [9.17, 15) is 9.18 Å². The van der Waals surface area contributed by atoms with Gasteiger partial charge in [-0.3, -0.25) is 4.79 Å². The zero-order valence-corrected chi connectivity index (χ0v) is 19.5. The number of imidazole rings is 1. The lowest BCUT2D eigenvalue weighted by Crippen LogP contribution is -2.38. The molecule has 0 atom stereocenters. The molecule has 0 amide bonds. The molecule has 8 nitrogen and oxygen atoms in total. The number of nitrogens with zero attached hydrogens (tertiary/aromatic N) is 2. The van der Waals surface area contributed by atoms with Crippen LogP contribution in [0.15, 0.2) is 35.2 Å². The molecule has 1 aliphatic carbocycles. The third-order valence-electron chi connectivity index (χ3n) is 6.08. The molecule has 0 radical (unpaired) electrons. The second kappa shape index (κ2) is 11.3. The molecule has 1 aliphatic rings. The van der Waals surface area contributed by atoms with Gasteiger partial charge < -0.3 is 23.6 Å². The Bertz CT molecular complexity index is 1080. The van der Waals surface area contributed by atoms with Crippen molar-refractivity contribution in [3.05, 3.63) is 48.3 Å². The van der Waals surface area contributed by atoms with E-state index >= 15 is 0 Å². The minimum absolute atomic E-state index is 0.0518. The first-order chi connectivity index (χ1) is 16.6. The summed E-state index contributed by atoms with van der Waals surface area (Å²) in [5, 5.41) is 0. The van der Waals surface area contributed by atoms with E-state index in [2.05, 4.69) is 15.0 Å². The monoisotopic (exact) mass is 471 g/mol. The molecule has 34 heavy (non-hydrogen) atoms. The number of ether oxygens (including phenoxy) is 3. The Morgan fingerprint density at radius 2 is 1.97 bits per heavy atom. The second-order valence-electron chi connectivity index (χ2n) is 8.47. The fourth-order valence-corrected chi connectivity index (χ4v) is 4.01. The molecule has 3 aromatic rings. The summed E-state index contributed by atoms with van der Waals surface area (Å²) in [6, 6.07) is 3.25. The van der Waals surface area contributed by atoms with Gasteiger partial charge in [-0.25, -0.2) is 14.4 Å². The van der Waals surface area contributed by atoms with Crippen molar-refractivity contribution in [2.75, 3.05) is 14.2 Å². The number of H-pyrrole nitrogens is 1.